The molecule has 2 aliphatic rings. The molecule has 44 heavy (non-hydrogen) atoms. The molecule has 1 saturated carbocycles. The van der Waals surface area contributed by atoms with E-state index in [4.69, 9.17) is 15.8 Å². The number of likely N-dealkylation sites (N-methyl/N-ethyl adjacent to an activating group) is 1. The van der Waals surface area contributed by atoms with Crippen molar-refractivity contribution in [2.45, 2.75) is 58.0 Å². The summed E-state index contributed by atoms with van der Waals surface area (Å²) in [6.45, 7) is 9.00. The Morgan fingerprint density at radius 3 is 2.36 bits per heavy atom. The van der Waals surface area contributed by atoms with Crippen LogP contribution in [-0.2, 0) is 6.42 Å². The number of piperazine rings is 1. The summed E-state index contributed by atoms with van der Waals surface area (Å²) in [6, 6.07) is 17.8. The Morgan fingerprint density at radius 1 is 0.909 bits per heavy atom. The molecule has 0 spiro atoms. The van der Waals surface area contributed by atoms with Crippen molar-refractivity contribution < 1.29 is 0 Å². The number of thiazole rings is 1. The third kappa shape index (κ3) is 5.58. The van der Waals surface area contributed by atoms with E-state index in [9.17, 15) is 0 Å². The quantitative estimate of drug-likeness (QED) is 0.215. The zero-order valence-electron chi connectivity index (χ0n) is 25.8. The minimum atomic E-state index is 0.310. The van der Waals surface area contributed by atoms with Gasteiger partial charge in [0.25, 0.3) is 0 Å². The van der Waals surface area contributed by atoms with Crippen molar-refractivity contribution in [2.24, 2.45) is 0 Å². The Labute approximate surface area is 263 Å². The Bertz CT molecular complexity index is 1740. The second kappa shape index (κ2) is 12.3. The number of fused-ring (bicyclic) bond motifs is 1. The van der Waals surface area contributed by atoms with Crippen LogP contribution in [0.15, 0.2) is 54.9 Å². The molecule has 1 aliphatic heterocycles. The van der Waals surface area contributed by atoms with Gasteiger partial charge in [0.2, 0.25) is 0 Å². The van der Waals surface area contributed by atoms with E-state index in [1.807, 2.05) is 0 Å². The van der Waals surface area contributed by atoms with E-state index in [1.54, 1.807) is 17.7 Å². The van der Waals surface area contributed by atoms with Gasteiger partial charge in [0.1, 0.15) is 17.8 Å². The molecule has 0 bridgehead atoms. The maximum Gasteiger partial charge on any atom is 0.187 e. The van der Waals surface area contributed by atoms with Crippen LogP contribution in [0.25, 0.3) is 33.5 Å². The van der Waals surface area contributed by atoms with E-state index < -0.39 is 0 Å². The average Bonchev–Trinajstić information content (AvgIpc) is 3.64. The first-order chi connectivity index (χ1) is 21.5. The van der Waals surface area contributed by atoms with E-state index in [-0.39, 0.29) is 0 Å². The average molecular weight is 608 g/mol. The number of nitrogen functional groups attached to an aromatic ring is 1. The smallest absolute Gasteiger partial charge is 0.187 e. The third-order valence-electron chi connectivity index (χ3n) is 9.41. The van der Waals surface area contributed by atoms with E-state index >= 15 is 0 Å². The lowest BCUT2D eigenvalue weighted by molar-refractivity contribution is 0.0815. The highest BCUT2D eigenvalue weighted by Gasteiger charge is 2.30. The number of aryl methyl sites for hydroxylation is 2. The summed E-state index contributed by atoms with van der Waals surface area (Å²) in [4.78, 5) is 20.4. The lowest BCUT2D eigenvalue weighted by Crippen LogP contribution is -2.49. The molecule has 2 aromatic carbocycles. The normalized spacial score (nSPS) is 19.9. The highest BCUT2D eigenvalue weighted by molar-refractivity contribution is 7.16. The number of rotatable bonds is 7. The number of aromatic nitrogens is 5. The van der Waals surface area contributed by atoms with Gasteiger partial charge in [-0.3, -0.25) is 4.90 Å². The van der Waals surface area contributed by atoms with Crippen LogP contribution in [0.5, 0.6) is 0 Å². The van der Waals surface area contributed by atoms with Crippen LogP contribution in [-0.4, -0.2) is 73.8 Å². The van der Waals surface area contributed by atoms with Gasteiger partial charge in [-0.05, 0) is 63.8 Å². The molecule has 3 N–H and O–H groups in total. The third-order valence-corrected chi connectivity index (χ3v) is 10.5. The number of benzene rings is 2. The fourth-order valence-electron chi connectivity index (χ4n) is 6.84. The van der Waals surface area contributed by atoms with Crippen molar-refractivity contribution >= 4 is 39.0 Å². The van der Waals surface area contributed by atoms with Crippen molar-refractivity contribution in [3.63, 3.8) is 0 Å². The standard InChI is InChI=1S/C34H41N9S/c1-4-28-31(27-8-6-5-7-22(27)2)39-34(44-28)38-24-11-9-23(10-12-24)30-29-32(35)36-21-37-33(29)43(40-30)26-15-13-25(14-16-26)42-19-17-41(3)18-20-42/h5-12,21,25-26H,4,13-20H2,1-3H3,(H,38,39)(H2,35,36,37)/t25-,26+. The van der Waals surface area contributed by atoms with E-state index in [0.29, 0.717) is 17.9 Å². The SMILES string of the molecule is CCc1sc(Nc2ccc(-c3nn([C@H]4CC[C@@H](N5CCN(C)CC5)CC4)c4ncnc(N)c34)cc2)nc1-c1ccccc1C. The predicted octanol–water partition coefficient (Wildman–Crippen LogP) is 6.54. The topological polar surface area (TPSA) is 101 Å². The Kier molecular flexibility index (Phi) is 8.05. The zero-order valence-corrected chi connectivity index (χ0v) is 26.6. The molecule has 1 saturated heterocycles. The molecule has 10 heteroatoms. The molecule has 0 amide bonds. The molecule has 7 rings (SSSR count). The first kappa shape index (κ1) is 28.9. The molecular weight excluding hydrogens is 567 g/mol. The van der Waals surface area contributed by atoms with Crippen LogP contribution in [0.2, 0.25) is 0 Å². The molecule has 1 aliphatic carbocycles. The van der Waals surface area contributed by atoms with Crippen molar-refractivity contribution in [3.05, 3.63) is 65.3 Å². The van der Waals surface area contributed by atoms with Gasteiger partial charge in [0, 0.05) is 53.9 Å². The molecule has 5 aromatic rings. The molecular formula is C34H41N9S. The Morgan fingerprint density at radius 2 is 1.64 bits per heavy atom. The number of hydrogen-bond acceptors (Lipinski definition) is 9. The van der Waals surface area contributed by atoms with Gasteiger partial charge in [-0.2, -0.15) is 5.10 Å². The molecule has 0 unspecified atom stereocenters. The molecule has 9 nitrogen and oxygen atoms in total. The van der Waals surface area contributed by atoms with Gasteiger partial charge in [0.05, 0.1) is 17.1 Å². The summed E-state index contributed by atoms with van der Waals surface area (Å²) in [5, 5.41) is 10.4. The molecule has 0 atom stereocenters. The number of anilines is 3. The van der Waals surface area contributed by atoms with E-state index in [0.717, 1.165) is 71.2 Å². The minimum Gasteiger partial charge on any atom is -0.383 e. The summed E-state index contributed by atoms with van der Waals surface area (Å²) in [7, 11) is 2.22. The number of hydrogen-bond donors (Lipinski definition) is 2. The maximum atomic E-state index is 6.45. The summed E-state index contributed by atoms with van der Waals surface area (Å²) in [5.41, 5.74) is 13.6. The second-order valence-corrected chi connectivity index (χ2v) is 13.3. The van der Waals surface area contributed by atoms with E-state index in [1.165, 1.54) is 41.9 Å². The fraction of sp³-hybridized carbons (Fsp3) is 0.412. The lowest BCUT2D eigenvalue weighted by Gasteiger charge is -2.41. The molecule has 2 fully saturated rings. The first-order valence-electron chi connectivity index (χ1n) is 15.8. The monoisotopic (exact) mass is 607 g/mol. The van der Waals surface area contributed by atoms with Crippen molar-refractivity contribution in [3.8, 4) is 22.5 Å². The van der Waals surface area contributed by atoms with Crippen LogP contribution in [0.3, 0.4) is 0 Å². The van der Waals surface area contributed by atoms with Gasteiger partial charge in [0.15, 0.2) is 10.8 Å². The summed E-state index contributed by atoms with van der Waals surface area (Å²) in [6.07, 6.45) is 7.07. The predicted molar refractivity (Wildman–Crippen MR) is 180 cm³/mol. The first-order valence-corrected chi connectivity index (χ1v) is 16.6. The number of nitrogens with one attached hydrogen (secondary N) is 1. The number of nitrogens with two attached hydrogens (primary N) is 1. The van der Waals surface area contributed by atoms with Crippen LogP contribution in [0.1, 0.15) is 49.1 Å². The molecule has 0 radical (unpaired) electrons. The summed E-state index contributed by atoms with van der Waals surface area (Å²) < 4.78 is 2.13. The molecule has 3 aromatic heterocycles. The number of nitrogens with zero attached hydrogens (tertiary/aromatic N) is 7. The minimum absolute atomic E-state index is 0.310. The van der Waals surface area contributed by atoms with Gasteiger partial charge in [-0.15, -0.1) is 11.3 Å². The Hall–Kier alpha value is -3.86. The molecule has 228 valence electrons. The van der Waals surface area contributed by atoms with Crippen molar-refractivity contribution in [2.75, 3.05) is 44.3 Å². The highest BCUT2D eigenvalue weighted by atomic mass is 32.1. The highest BCUT2D eigenvalue weighted by Crippen LogP contribution is 2.38. The van der Waals surface area contributed by atoms with Gasteiger partial charge in [-0.25, -0.2) is 19.6 Å². The van der Waals surface area contributed by atoms with Gasteiger partial charge in [-0.1, -0.05) is 43.3 Å². The van der Waals surface area contributed by atoms with E-state index in [2.05, 4.69) is 99.2 Å². The maximum absolute atomic E-state index is 6.45. The summed E-state index contributed by atoms with van der Waals surface area (Å²) in [5.74, 6) is 0.475. The fourth-order valence-corrected chi connectivity index (χ4v) is 7.77. The largest absolute Gasteiger partial charge is 0.383 e. The summed E-state index contributed by atoms with van der Waals surface area (Å²) >= 11 is 1.71. The van der Waals surface area contributed by atoms with Crippen molar-refractivity contribution in [1.29, 1.82) is 0 Å². The van der Waals surface area contributed by atoms with Gasteiger partial charge < -0.3 is 16.0 Å². The second-order valence-electron chi connectivity index (χ2n) is 12.2. The van der Waals surface area contributed by atoms with Crippen LogP contribution >= 0.6 is 11.3 Å². The van der Waals surface area contributed by atoms with Crippen LogP contribution in [0.4, 0.5) is 16.6 Å². The Balaban J connectivity index is 1.11. The van der Waals surface area contributed by atoms with Crippen molar-refractivity contribution in [1.82, 2.24) is 34.5 Å². The van der Waals surface area contributed by atoms with Gasteiger partial charge >= 0.3 is 0 Å². The lowest BCUT2D eigenvalue weighted by atomic mass is 9.90. The zero-order chi connectivity index (χ0) is 30.2. The van der Waals surface area contributed by atoms with Crippen LogP contribution < -0.4 is 11.1 Å². The molecule has 4 heterocycles. The van der Waals surface area contributed by atoms with Crippen LogP contribution in [0, 0.1) is 6.92 Å².